The second-order valence-electron chi connectivity index (χ2n) is 9.49. The first-order valence-electron chi connectivity index (χ1n) is 10.4. The maximum Gasteiger partial charge on any atom is 0.339 e. The van der Waals surface area contributed by atoms with E-state index in [-0.39, 0.29) is 41.0 Å². The van der Waals surface area contributed by atoms with Gasteiger partial charge in [0, 0.05) is 0 Å². The van der Waals surface area contributed by atoms with Crippen molar-refractivity contribution in [3.63, 3.8) is 0 Å². The van der Waals surface area contributed by atoms with E-state index < -0.39 is 11.9 Å². The summed E-state index contributed by atoms with van der Waals surface area (Å²) in [6.07, 6.45) is 6.10. The quantitative estimate of drug-likeness (QED) is 0.348. The van der Waals surface area contributed by atoms with Gasteiger partial charge < -0.3 is 19.9 Å². The van der Waals surface area contributed by atoms with Gasteiger partial charge in [-0.1, -0.05) is 52.7 Å². The minimum absolute atomic E-state index is 0.0120. The molecule has 0 aromatic heterocycles. The summed E-state index contributed by atoms with van der Waals surface area (Å²) in [7, 11) is 0. The number of aromatic hydroxyl groups is 1. The molecular formula is C26H31NO5. The predicted octanol–water partition coefficient (Wildman–Crippen LogP) is 4.91. The highest BCUT2D eigenvalue weighted by molar-refractivity contribution is 5.96. The lowest BCUT2D eigenvalue weighted by Gasteiger charge is -2.33. The van der Waals surface area contributed by atoms with Gasteiger partial charge >= 0.3 is 5.97 Å². The van der Waals surface area contributed by atoms with Gasteiger partial charge in [0.1, 0.15) is 11.5 Å². The molecule has 0 aliphatic rings. The van der Waals surface area contributed by atoms with Gasteiger partial charge in [0.25, 0.3) is 5.91 Å². The second-order valence-corrected chi connectivity index (χ2v) is 9.49. The van der Waals surface area contributed by atoms with E-state index in [1.165, 1.54) is 23.8 Å². The molecule has 0 fully saturated rings. The van der Waals surface area contributed by atoms with E-state index in [0.29, 0.717) is 5.75 Å². The fourth-order valence-electron chi connectivity index (χ4n) is 3.72. The molecule has 0 atom stereocenters. The number of phenolic OH excluding ortho intramolecular Hbond substituents is 1. The Kier molecular flexibility index (Phi) is 7.93. The molecule has 2 rings (SSSR count). The molecule has 1 amide bonds. The molecule has 2 N–H and O–H groups in total. The number of rotatable bonds is 8. The first-order chi connectivity index (χ1) is 14.9. The number of terminal acetylenes is 1. The summed E-state index contributed by atoms with van der Waals surface area (Å²) in [5.41, 5.74) is 1.65. The summed E-state index contributed by atoms with van der Waals surface area (Å²) in [6.45, 7) is 10.7. The van der Waals surface area contributed by atoms with Crippen LogP contribution in [0.4, 0.5) is 5.69 Å². The Bertz CT molecular complexity index is 994. The van der Waals surface area contributed by atoms with Crippen LogP contribution in [-0.4, -0.2) is 30.2 Å². The zero-order valence-corrected chi connectivity index (χ0v) is 19.3. The third-order valence-corrected chi connectivity index (χ3v) is 4.77. The van der Waals surface area contributed by atoms with Gasteiger partial charge in [-0.15, -0.1) is 6.42 Å². The summed E-state index contributed by atoms with van der Waals surface area (Å²) >= 11 is 0. The summed E-state index contributed by atoms with van der Waals surface area (Å²) in [5, 5.41) is 12.5. The van der Waals surface area contributed by atoms with Crippen LogP contribution in [0, 0.1) is 17.8 Å². The van der Waals surface area contributed by atoms with Gasteiger partial charge in [-0.2, -0.15) is 0 Å². The van der Waals surface area contributed by atoms with E-state index in [0.717, 1.165) is 6.42 Å². The van der Waals surface area contributed by atoms with Gasteiger partial charge in [-0.25, -0.2) is 4.79 Å². The topological polar surface area (TPSA) is 84.9 Å². The molecule has 0 bridgehead atoms. The smallest absolute Gasteiger partial charge is 0.339 e. The molecule has 0 aliphatic carbocycles. The molecule has 6 nitrogen and oxygen atoms in total. The zero-order chi connectivity index (χ0) is 23.9. The maximum absolute atomic E-state index is 12.3. The van der Waals surface area contributed by atoms with Crippen LogP contribution in [0.3, 0.4) is 0 Å². The highest BCUT2D eigenvalue weighted by atomic mass is 16.5. The highest BCUT2D eigenvalue weighted by Gasteiger charge is 2.27. The van der Waals surface area contributed by atoms with Crippen LogP contribution in [0.25, 0.3) is 0 Å². The van der Waals surface area contributed by atoms with Gasteiger partial charge in [0.05, 0.1) is 11.3 Å². The average molecular weight is 438 g/mol. The van der Waals surface area contributed by atoms with Crippen molar-refractivity contribution in [3.05, 3.63) is 53.6 Å². The molecule has 6 heteroatoms. The van der Waals surface area contributed by atoms with E-state index in [1.807, 2.05) is 24.3 Å². The van der Waals surface area contributed by atoms with Crippen LogP contribution in [0.15, 0.2) is 42.5 Å². The van der Waals surface area contributed by atoms with Crippen molar-refractivity contribution in [3.8, 4) is 23.8 Å². The molecule has 0 radical (unpaired) electrons. The molecule has 0 unspecified atom stereocenters. The zero-order valence-electron chi connectivity index (χ0n) is 19.3. The minimum atomic E-state index is -0.649. The van der Waals surface area contributed by atoms with Crippen molar-refractivity contribution in [1.29, 1.82) is 0 Å². The molecule has 32 heavy (non-hydrogen) atoms. The van der Waals surface area contributed by atoms with Crippen molar-refractivity contribution in [1.82, 2.24) is 0 Å². The number of ether oxygens (including phenoxy) is 2. The molecule has 0 saturated heterocycles. The summed E-state index contributed by atoms with van der Waals surface area (Å²) < 4.78 is 10.4. The molecule has 0 heterocycles. The Morgan fingerprint density at radius 3 is 2.31 bits per heavy atom. The van der Waals surface area contributed by atoms with E-state index in [2.05, 4.69) is 45.9 Å². The molecule has 170 valence electrons. The van der Waals surface area contributed by atoms with Crippen LogP contribution in [-0.2, 0) is 14.9 Å². The van der Waals surface area contributed by atoms with Crippen molar-refractivity contribution in [2.24, 2.45) is 5.41 Å². The Hall–Kier alpha value is -3.46. The van der Waals surface area contributed by atoms with Crippen LogP contribution in [0.2, 0.25) is 0 Å². The van der Waals surface area contributed by atoms with Crippen LogP contribution in [0.1, 0.15) is 57.0 Å². The molecule has 0 aliphatic heterocycles. The lowest BCUT2D eigenvalue weighted by Crippen LogP contribution is -2.24. The highest BCUT2D eigenvalue weighted by Crippen LogP contribution is 2.36. The minimum Gasteiger partial charge on any atom is -0.506 e. The van der Waals surface area contributed by atoms with Gasteiger partial charge in [0.15, 0.2) is 13.2 Å². The van der Waals surface area contributed by atoms with Crippen molar-refractivity contribution in [2.45, 2.75) is 46.5 Å². The van der Waals surface area contributed by atoms with Crippen molar-refractivity contribution < 1.29 is 24.2 Å². The normalized spacial score (nSPS) is 11.4. The Labute approximate surface area is 189 Å². The first-order valence-corrected chi connectivity index (χ1v) is 10.4. The van der Waals surface area contributed by atoms with Crippen LogP contribution in [0.5, 0.6) is 11.5 Å². The summed E-state index contributed by atoms with van der Waals surface area (Å²) in [4.78, 5) is 24.2. The standard InChI is InChI=1S/C26H31NO5/c1-7-14-31-24(30)18-8-13-22(28)21(15-18)27-23(29)16-32-20-11-9-19(10-12-20)26(5,6)17-25(2,3)4/h1,8-13,15,28H,14,16-17H2,2-6H3,(H,27,29). The molecule has 2 aromatic carbocycles. The molecule has 0 spiro atoms. The lowest BCUT2D eigenvalue weighted by atomic mass is 9.72. The van der Waals surface area contributed by atoms with E-state index in [9.17, 15) is 14.7 Å². The van der Waals surface area contributed by atoms with E-state index in [1.54, 1.807) is 0 Å². The number of benzene rings is 2. The number of carbonyl (C=O) groups excluding carboxylic acids is 2. The summed E-state index contributed by atoms with van der Waals surface area (Å²) in [5.74, 6) is 1.45. The number of hydrogen-bond donors (Lipinski definition) is 2. The monoisotopic (exact) mass is 437 g/mol. The number of hydrogen-bond acceptors (Lipinski definition) is 5. The number of amides is 1. The largest absolute Gasteiger partial charge is 0.506 e. The fourth-order valence-corrected chi connectivity index (χ4v) is 3.72. The van der Waals surface area contributed by atoms with Gasteiger partial charge in [0.2, 0.25) is 0 Å². The second kappa shape index (κ2) is 10.2. The number of phenols is 1. The SMILES string of the molecule is C#CCOC(=O)c1ccc(O)c(NC(=O)COc2ccc(C(C)(C)CC(C)(C)C)cc2)c1. The Morgan fingerprint density at radius 1 is 1.06 bits per heavy atom. The number of carbonyl (C=O) groups is 2. The van der Waals surface area contributed by atoms with Gasteiger partial charge in [-0.3, -0.25) is 4.79 Å². The van der Waals surface area contributed by atoms with Crippen LogP contribution >= 0.6 is 0 Å². The third kappa shape index (κ3) is 7.35. The average Bonchev–Trinajstić information content (AvgIpc) is 2.70. The first kappa shape index (κ1) is 24.8. The predicted molar refractivity (Wildman–Crippen MR) is 125 cm³/mol. The van der Waals surface area contributed by atoms with Crippen molar-refractivity contribution in [2.75, 3.05) is 18.5 Å². The van der Waals surface area contributed by atoms with Gasteiger partial charge in [-0.05, 0) is 53.1 Å². The van der Waals surface area contributed by atoms with Crippen LogP contribution < -0.4 is 10.1 Å². The Morgan fingerprint density at radius 2 is 1.72 bits per heavy atom. The number of esters is 1. The van der Waals surface area contributed by atoms with Crippen molar-refractivity contribution >= 4 is 17.6 Å². The third-order valence-electron chi connectivity index (χ3n) is 4.77. The number of nitrogens with one attached hydrogen (secondary N) is 1. The molecule has 0 saturated carbocycles. The van der Waals surface area contributed by atoms with E-state index in [4.69, 9.17) is 15.9 Å². The molecule has 2 aromatic rings. The lowest BCUT2D eigenvalue weighted by molar-refractivity contribution is -0.118. The summed E-state index contributed by atoms with van der Waals surface area (Å²) in [6, 6.07) is 11.7. The Balaban J connectivity index is 1.97. The molecular weight excluding hydrogens is 406 g/mol. The number of anilines is 1. The van der Waals surface area contributed by atoms with E-state index >= 15 is 0 Å². The fraction of sp³-hybridized carbons (Fsp3) is 0.385. The maximum atomic E-state index is 12.3.